The number of carbonyl (C=O) groups excluding carboxylic acids is 2. The molecule has 0 unspecified atom stereocenters. The van der Waals surface area contributed by atoms with Crippen LogP contribution < -0.4 is 20.4 Å². The second kappa shape index (κ2) is 20.5. The van der Waals surface area contributed by atoms with Crippen LogP contribution in [0, 0.1) is 13.8 Å². The lowest BCUT2D eigenvalue weighted by Gasteiger charge is -2.29. The number of esters is 2. The molecule has 8 rings (SSSR count). The van der Waals surface area contributed by atoms with Crippen molar-refractivity contribution in [1.82, 2.24) is 20.6 Å². The van der Waals surface area contributed by atoms with Gasteiger partial charge in [0.2, 0.25) is 0 Å². The number of rotatable bonds is 12. The van der Waals surface area contributed by atoms with Crippen LogP contribution in [-0.4, -0.2) is 63.3 Å². The first-order valence-corrected chi connectivity index (χ1v) is 21.5. The van der Waals surface area contributed by atoms with E-state index < -0.39 is 0 Å². The maximum atomic E-state index is 12.1. The van der Waals surface area contributed by atoms with E-state index in [0.29, 0.717) is 11.1 Å². The molecule has 0 aliphatic carbocycles. The first-order chi connectivity index (χ1) is 30.1. The summed E-state index contributed by atoms with van der Waals surface area (Å²) < 4.78 is 9.83. The molecular weight excluding hydrogens is 773 g/mol. The monoisotopic (exact) mass is 830 g/mol. The molecule has 0 saturated heterocycles. The van der Waals surface area contributed by atoms with Gasteiger partial charge in [0.05, 0.1) is 25.3 Å². The van der Waals surface area contributed by atoms with Gasteiger partial charge in [0.25, 0.3) is 0 Å². The SMILES string of the molecule is COC(=O)c1ccncc1CC[C@@H]1NCCc2cc(N(C)c3ccc(C)cc3)ccc21.COC(=O)c1ccncc1CC[C@H]1NCCc2cc(N(C)c3ccc(C)cc3)ccc21. The number of anilines is 4. The van der Waals surface area contributed by atoms with E-state index in [0.717, 1.165) is 62.7 Å². The van der Waals surface area contributed by atoms with Crippen LogP contribution in [0.15, 0.2) is 122 Å². The number of nitrogens with zero attached hydrogens (tertiary/aromatic N) is 4. The van der Waals surface area contributed by atoms with Gasteiger partial charge in [-0.25, -0.2) is 9.59 Å². The molecule has 320 valence electrons. The molecule has 0 amide bonds. The average Bonchev–Trinajstić information content (AvgIpc) is 3.32. The molecule has 4 heterocycles. The number of hydrogen-bond donors (Lipinski definition) is 2. The molecule has 4 aromatic carbocycles. The van der Waals surface area contributed by atoms with Crippen molar-refractivity contribution in [2.45, 2.75) is 64.5 Å². The molecular formula is C52H58N6O4. The molecule has 10 heteroatoms. The highest BCUT2D eigenvalue weighted by Crippen LogP contribution is 2.34. The number of fused-ring (bicyclic) bond motifs is 2. The Hall–Kier alpha value is -6.36. The molecule has 2 atom stereocenters. The normalized spacial score (nSPS) is 15.3. The zero-order valence-electron chi connectivity index (χ0n) is 36.8. The van der Waals surface area contributed by atoms with Crippen molar-refractivity contribution in [3.8, 4) is 0 Å². The molecule has 6 aromatic rings. The minimum Gasteiger partial charge on any atom is -0.465 e. The number of methoxy groups -OCH3 is 2. The molecule has 10 nitrogen and oxygen atoms in total. The van der Waals surface area contributed by atoms with Gasteiger partial charge >= 0.3 is 11.9 Å². The van der Waals surface area contributed by atoms with Crippen LogP contribution in [0.4, 0.5) is 22.7 Å². The average molecular weight is 831 g/mol. The van der Waals surface area contributed by atoms with Crippen molar-refractivity contribution in [3.05, 3.63) is 177 Å². The highest BCUT2D eigenvalue weighted by molar-refractivity contribution is 5.91. The number of benzene rings is 4. The smallest absolute Gasteiger partial charge is 0.338 e. The van der Waals surface area contributed by atoms with Crippen molar-refractivity contribution in [1.29, 1.82) is 0 Å². The summed E-state index contributed by atoms with van der Waals surface area (Å²) in [5.74, 6) is -0.614. The third-order valence-corrected chi connectivity index (χ3v) is 12.2. The number of aromatic nitrogens is 2. The van der Waals surface area contributed by atoms with Crippen LogP contribution in [0.5, 0.6) is 0 Å². The Morgan fingerprint density at radius 1 is 0.581 bits per heavy atom. The van der Waals surface area contributed by atoms with Crippen molar-refractivity contribution in [2.24, 2.45) is 0 Å². The van der Waals surface area contributed by atoms with E-state index in [2.05, 4.69) is 143 Å². The van der Waals surface area contributed by atoms with Crippen LogP contribution in [0.3, 0.4) is 0 Å². The summed E-state index contributed by atoms with van der Waals surface area (Å²) >= 11 is 0. The Labute approximate surface area is 366 Å². The van der Waals surface area contributed by atoms with E-state index in [1.54, 1.807) is 36.9 Å². The summed E-state index contributed by atoms with van der Waals surface area (Å²) in [5, 5.41) is 7.29. The molecule has 2 aliphatic heterocycles. The lowest BCUT2D eigenvalue weighted by molar-refractivity contribution is 0.0590. The Kier molecular flexibility index (Phi) is 14.4. The van der Waals surface area contributed by atoms with E-state index >= 15 is 0 Å². The number of nitrogens with one attached hydrogen (secondary N) is 2. The first kappa shape index (κ1) is 43.7. The summed E-state index contributed by atoms with van der Waals surface area (Å²) in [6, 6.07) is 34.7. The Morgan fingerprint density at radius 2 is 0.968 bits per heavy atom. The zero-order chi connectivity index (χ0) is 43.6. The van der Waals surface area contributed by atoms with E-state index in [-0.39, 0.29) is 24.0 Å². The molecule has 0 radical (unpaired) electrons. The van der Waals surface area contributed by atoms with Gasteiger partial charge < -0.3 is 29.9 Å². The van der Waals surface area contributed by atoms with Gasteiger partial charge in [-0.05, 0) is 160 Å². The number of pyridine rings is 2. The van der Waals surface area contributed by atoms with Crippen molar-refractivity contribution >= 4 is 34.7 Å². The number of carbonyl (C=O) groups is 2. The third-order valence-electron chi connectivity index (χ3n) is 12.2. The summed E-state index contributed by atoms with van der Waals surface area (Å²) in [6.07, 6.45) is 12.2. The fourth-order valence-corrected chi connectivity index (χ4v) is 8.52. The maximum absolute atomic E-state index is 12.1. The van der Waals surface area contributed by atoms with Gasteiger partial charge in [-0.3, -0.25) is 9.97 Å². The van der Waals surface area contributed by atoms with E-state index in [1.165, 1.54) is 70.3 Å². The molecule has 2 N–H and O–H groups in total. The number of hydrogen-bond acceptors (Lipinski definition) is 10. The Morgan fingerprint density at radius 3 is 1.35 bits per heavy atom. The molecule has 62 heavy (non-hydrogen) atoms. The topological polar surface area (TPSA) is 109 Å². The van der Waals surface area contributed by atoms with Crippen LogP contribution in [0.1, 0.15) is 90.1 Å². The van der Waals surface area contributed by atoms with Crippen LogP contribution in [0.2, 0.25) is 0 Å². The van der Waals surface area contributed by atoms with Crippen molar-refractivity contribution < 1.29 is 19.1 Å². The second-order valence-electron chi connectivity index (χ2n) is 16.2. The second-order valence-corrected chi connectivity index (χ2v) is 16.2. The summed E-state index contributed by atoms with van der Waals surface area (Å²) in [7, 11) is 7.05. The van der Waals surface area contributed by atoms with Crippen LogP contribution in [-0.2, 0) is 35.2 Å². The lowest BCUT2D eigenvalue weighted by Crippen LogP contribution is -2.30. The van der Waals surface area contributed by atoms with E-state index in [1.807, 2.05) is 0 Å². The standard InChI is InChI=1S/2C26H29N3O2/c2*1-18-4-7-21(8-5-18)29(2)22-9-10-23-19(16-22)12-15-28-25(23)11-6-20-17-27-14-13-24(20)26(30)31-3/h2*4-5,7-10,13-14,16-17,25,28H,6,11-12,15H2,1-3H3/t2*25-/m10/s1. The number of ether oxygens (including phenoxy) is 2. The van der Waals surface area contributed by atoms with Crippen molar-refractivity contribution in [2.75, 3.05) is 51.2 Å². The van der Waals surface area contributed by atoms with Gasteiger partial charge in [0.15, 0.2) is 0 Å². The zero-order valence-corrected chi connectivity index (χ0v) is 36.8. The molecule has 0 saturated carbocycles. The predicted octanol–water partition coefficient (Wildman–Crippen LogP) is 9.53. The minimum absolute atomic E-state index is 0.258. The summed E-state index contributed by atoms with van der Waals surface area (Å²) in [5.41, 5.74) is 15.8. The highest BCUT2D eigenvalue weighted by atomic mass is 16.5. The molecule has 2 aliphatic rings. The molecule has 2 aromatic heterocycles. The van der Waals surface area contributed by atoms with Gasteiger partial charge in [0.1, 0.15) is 0 Å². The van der Waals surface area contributed by atoms with Gasteiger partial charge in [0, 0.05) is 73.7 Å². The lowest BCUT2D eigenvalue weighted by atomic mass is 9.89. The van der Waals surface area contributed by atoms with E-state index in [4.69, 9.17) is 9.47 Å². The molecule has 0 fully saturated rings. The van der Waals surface area contributed by atoms with Crippen LogP contribution >= 0.6 is 0 Å². The highest BCUT2D eigenvalue weighted by Gasteiger charge is 2.24. The maximum Gasteiger partial charge on any atom is 0.338 e. The fourth-order valence-electron chi connectivity index (χ4n) is 8.52. The van der Waals surface area contributed by atoms with Gasteiger partial charge in [-0.15, -0.1) is 0 Å². The fraction of sp³-hybridized carbons (Fsp3) is 0.308. The van der Waals surface area contributed by atoms with Gasteiger partial charge in [-0.1, -0.05) is 47.5 Å². The summed E-state index contributed by atoms with van der Waals surface area (Å²) in [6.45, 7) is 6.11. The molecule has 0 bridgehead atoms. The Balaban J connectivity index is 0.000000186. The van der Waals surface area contributed by atoms with Crippen molar-refractivity contribution in [3.63, 3.8) is 0 Å². The largest absolute Gasteiger partial charge is 0.465 e. The quantitative estimate of drug-likeness (QED) is 0.116. The van der Waals surface area contributed by atoms with Gasteiger partial charge in [-0.2, -0.15) is 0 Å². The summed E-state index contributed by atoms with van der Waals surface area (Å²) in [4.78, 5) is 37.0. The first-order valence-electron chi connectivity index (χ1n) is 21.5. The predicted molar refractivity (Wildman–Crippen MR) is 248 cm³/mol. The minimum atomic E-state index is -0.307. The molecule has 0 spiro atoms. The third kappa shape index (κ3) is 10.4. The number of aryl methyl sites for hydroxylation is 4. The van der Waals surface area contributed by atoms with Crippen LogP contribution in [0.25, 0.3) is 0 Å². The Bertz CT molecular complexity index is 2300. The van der Waals surface area contributed by atoms with E-state index in [9.17, 15) is 9.59 Å².